The summed E-state index contributed by atoms with van der Waals surface area (Å²) in [5.41, 5.74) is 4.28. The van der Waals surface area contributed by atoms with E-state index in [2.05, 4.69) is 28.7 Å². The molecule has 0 aliphatic rings. The van der Waals surface area contributed by atoms with Crippen LogP contribution in [-0.2, 0) is 6.54 Å². The van der Waals surface area contributed by atoms with E-state index >= 15 is 0 Å². The molecular weight excluding hydrogens is 332 g/mol. The van der Waals surface area contributed by atoms with Crippen LogP contribution in [0.15, 0.2) is 54.0 Å². The summed E-state index contributed by atoms with van der Waals surface area (Å²) in [6.07, 6.45) is 1.88. The summed E-state index contributed by atoms with van der Waals surface area (Å²) in [4.78, 5) is 5.62. The number of hydrogen-bond donors (Lipinski definition) is 1. The number of rotatable bonds is 5. The third kappa shape index (κ3) is 3.21. The summed E-state index contributed by atoms with van der Waals surface area (Å²) in [6, 6.07) is 14.1. The molecule has 0 atom stereocenters. The van der Waals surface area contributed by atoms with Crippen LogP contribution in [0.1, 0.15) is 11.1 Å². The van der Waals surface area contributed by atoms with Gasteiger partial charge in [0.05, 0.1) is 18.2 Å². The van der Waals surface area contributed by atoms with Crippen molar-refractivity contribution in [1.29, 1.82) is 0 Å². The number of anilines is 1. The number of imidazole rings is 1. The van der Waals surface area contributed by atoms with E-state index in [1.54, 1.807) is 18.4 Å². The highest BCUT2D eigenvalue weighted by Crippen LogP contribution is 2.27. The number of aromatic nitrogens is 3. The van der Waals surface area contributed by atoms with Gasteiger partial charge in [-0.15, -0.1) is 16.4 Å². The summed E-state index contributed by atoms with van der Waals surface area (Å²) >= 11 is 1.71. The first-order valence-corrected chi connectivity index (χ1v) is 8.88. The van der Waals surface area contributed by atoms with Gasteiger partial charge in [-0.3, -0.25) is 0 Å². The molecule has 0 aliphatic carbocycles. The van der Waals surface area contributed by atoms with Crippen molar-refractivity contribution in [3.05, 3.63) is 65.2 Å². The molecule has 0 saturated heterocycles. The SMILES string of the molecule is COc1ccc(CNc2ccc3ncc(-c4cc(C)cs4)n3n2)cc1. The molecule has 0 saturated carbocycles. The van der Waals surface area contributed by atoms with Crippen LogP contribution in [0, 0.1) is 6.92 Å². The Kier molecular flexibility index (Phi) is 4.11. The van der Waals surface area contributed by atoms with Gasteiger partial charge in [-0.2, -0.15) is 0 Å². The van der Waals surface area contributed by atoms with Gasteiger partial charge in [-0.05, 0) is 53.8 Å². The highest BCUT2D eigenvalue weighted by Gasteiger charge is 2.09. The molecule has 0 fully saturated rings. The van der Waals surface area contributed by atoms with Crippen LogP contribution in [0.2, 0.25) is 0 Å². The molecule has 0 spiro atoms. The summed E-state index contributed by atoms with van der Waals surface area (Å²) in [6.45, 7) is 2.79. The second-order valence-corrected chi connectivity index (χ2v) is 6.73. The van der Waals surface area contributed by atoms with E-state index in [0.29, 0.717) is 6.54 Å². The Morgan fingerprint density at radius 2 is 2.00 bits per heavy atom. The van der Waals surface area contributed by atoms with Gasteiger partial charge in [-0.25, -0.2) is 9.50 Å². The zero-order chi connectivity index (χ0) is 17.2. The molecule has 0 bridgehead atoms. The lowest BCUT2D eigenvalue weighted by Gasteiger charge is -2.07. The minimum Gasteiger partial charge on any atom is -0.497 e. The number of thiophene rings is 1. The smallest absolute Gasteiger partial charge is 0.154 e. The Balaban J connectivity index is 1.57. The molecule has 4 rings (SSSR count). The Morgan fingerprint density at radius 3 is 2.72 bits per heavy atom. The van der Waals surface area contributed by atoms with Gasteiger partial charge in [-0.1, -0.05) is 12.1 Å². The molecule has 0 aliphatic heterocycles. The summed E-state index contributed by atoms with van der Waals surface area (Å²) in [7, 11) is 1.67. The lowest BCUT2D eigenvalue weighted by atomic mass is 10.2. The Labute approximate surface area is 149 Å². The molecule has 0 unspecified atom stereocenters. The van der Waals surface area contributed by atoms with Gasteiger partial charge in [0.15, 0.2) is 5.65 Å². The van der Waals surface area contributed by atoms with Gasteiger partial charge in [0.1, 0.15) is 17.3 Å². The quantitative estimate of drug-likeness (QED) is 0.580. The largest absolute Gasteiger partial charge is 0.497 e. The fraction of sp³-hybridized carbons (Fsp3) is 0.158. The highest BCUT2D eigenvalue weighted by molar-refractivity contribution is 7.13. The van der Waals surface area contributed by atoms with E-state index in [0.717, 1.165) is 22.9 Å². The van der Waals surface area contributed by atoms with Crippen molar-refractivity contribution in [2.75, 3.05) is 12.4 Å². The maximum atomic E-state index is 5.19. The van der Waals surface area contributed by atoms with E-state index in [1.807, 2.05) is 47.1 Å². The first-order chi connectivity index (χ1) is 12.2. The standard InChI is InChI=1S/C19H18N4OS/c1-13-9-17(25-12-13)16-11-21-19-8-7-18(22-23(16)19)20-10-14-3-5-15(24-2)6-4-14/h3-9,11-12H,10H2,1-2H3,(H,20,22). The molecule has 126 valence electrons. The highest BCUT2D eigenvalue weighted by atomic mass is 32.1. The van der Waals surface area contributed by atoms with Gasteiger partial charge in [0.2, 0.25) is 0 Å². The fourth-order valence-electron chi connectivity index (χ4n) is 2.64. The molecule has 0 amide bonds. The lowest BCUT2D eigenvalue weighted by molar-refractivity contribution is 0.414. The Hall–Kier alpha value is -2.86. The molecule has 1 aromatic carbocycles. The third-order valence-corrected chi connectivity index (χ3v) is 5.05. The monoisotopic (exact) mass is 350 g/mol. The first kappa shape index (κ1) is 15.7. The fourth-order valence-corrected chi connectivity index (χ4v) is 3.53. The van der Waals surface area contributed by atoms with E-state index in [1.165, 1.54) is 16.0 Å². The molecular formula is C19H18N4OS. The number of aryl methyl sites for hydroxylation is 1. The number of hydrogen-bond acceptors (Lipinski definition) is 5. The zero-order valence-corrected chi connectivity index (χ0v) is 14.9. The predicted octanol–water partition coefficient (Wildman–Crippen LogP) is 4.39. The van der Waals surface area contributed by atoms with Gasteiger partial charge < -0.3 is 10.1 Å². The second kappa shape index (κ2) is 6.57. The van der Waals surface area contributed by atoms with E-state index < -0.39 is 0 Å². The van der Waals surface area contributed by atoms with Crippen LogP contribution < -0.4 is 10.1 Å². The van der Waals surface area contributed by atoms with Crippen molar-refractivity contribution in [2.24, 2.45) is 0 Å². The van der Waals surface area contributed by atoms with Crippen LogP contribution in [0.5, 0.6) is 5.75 Å². The molecule has 4 aromatic rings. The number of nitrogens with one attached hydrogen (secondary N) is 1. The average molecular weight is 350 g/mol. The lowest BCUT2D eigenvalue weighted by Crippen LogP contribution is -2.04. The molecule has 0 radical (unpaired) electrons. The zero-order valence-electron chi connectivity index (χ0n) is 14.1. The third-order valence-electron chi connectivity index (χ3n) is 3.98. The number of methoxy groups -OCH3 is 1. The first-order valence-electron chi connectivity index (χ1n) is 8.00. The van der Waals surface area contributed by atoms with Crippen molar-refractivity contribution in [3.63, 3.8) is 0 Å². The second-order valence-electron chi connectivity index (χ2n) is 5.82. The number of nitrogens with zero attached hydrogens (tertiary/aromatic N) is 3. The molecule has 25 heavy (non-hydrogen) atoms. The maximum absolute atomic E-state index is 5.19. The van der Waals surface area contributed by atoms with Crippen LogP contribution in [0.25, 0.3) is 16.2 Å². The Bertz CT molecular complexity index is 1000. The van der Waals surface area contributed by atoms with E-state index in [4.69, 9.17) is 9.84 Å². The van der Waals surface area contributed by atoms with Gasteiger partial charge in [0.25, 0.3) is 0 Å². The number of ether oxygens (including phenoxy) is 1. The molecule has 3 aromatic heterocycles. The normalized spacial score (nSPS) is 11.0. The van der Waals surface area contributed by atoms with Crippen LogP contribution >= 0.6 is 11.3 Å². The summed E-state index contributed by atoms with van der Waals surface area (Å²) in [5.74, 6) is 1.67. The van der Waals surface area contributed by atoms with Gasteiger partial charge >= 0.3 is 0 Å². The number of fused-ring (bicyclic) bond motifs is 1. The molecule has 3 heterocycles. The van der Waals surface area contributed by atoms with Crippen molar-refractivity contribution in [1.82, 2.24) is 14.6 Å². The minimum absolute atomic E-state index is 0.699. The van der Waals surface area contributed by atoms with Crippen LogP contribution in [0.3, 0.4) is 0 Å². The summed E-state index contributed by atoms with van der Waals surface area (Å²) < 4.78 is 7.08. The average Bonchev–Trinajstić information content (AvgIpc) is 3.26. The maximum Gasteiger partial charge on any atom is 0.154 e. The minimum atomic E-state index is 0.699. The van der Waals surface area contributed by atoms with Crippen molar-refractivity contribution < 1.29 is 4.74 Å². The predicted molar refractivity (Wildman–Crippen MR) is 101 cm³/mol. The topological polar surface area (TPSA) is 51.5 Å². The number of benzene rings is 1. The van der Waals surface area contributed by atoms with Gasteiger partial charge in [0, 0.05) is 6.54 Å². The molecule has 6 heteroatoms. The van der Waals surface area contributed by atoms with Crippen LogP contribution in [-0.4, -0.2) is 21.7 Å². The molecule has 1 N–H and O–H groups in total. The molecule has 5 nitrogen and oxygen atoms in total. The van der Waals surface area contributed by atoms with Crippen molar-refractivity contribution in [2.45, 2.75) is 13.5 Å². The van der Waals surface area contributed by atoms with Crippen molar-refractivity contribution >= 4 is 22.8 Å². The van der Waals surface area contributed by atoms with E-state index in [-0.39, 0.29) is 0 Å². The Morgan fingerprint density at radius 1 is 1.16 bits per heavy atom. The van der Waals surface area contributed by atoms with Crippen molar-refractivity contribution in [3.8, 4) is 16.3 Å². The van der Waals surface area contributed by atoms with E-state index in [9.17, 15) is 0 Å². The van der Waals surface area contributed by atoms with Crippen LogP contribution in [0.4, 0.5) is 5.82 Å². The summed E-state index contributed by atoms with van der Waals surface area (Å²) in [5, 5.41) is 10.2.